The van der Waals surface area contributed by atoms with E-state index >= 15 is 0 Å². The van der Waals surface area contributed by atoms with Gasteiger partial charge in [0.25, 0.3) is 5.91 Å². The standard InChI is InChI=1S/C20H21FN2O2/c1-14(16-7-9-18(21)10-8-16)22-20(25)17-5-2-4-15(12-17)13-23-11-3-6-19(23)24/h2,4-5,7-10,12,14H,3,6,11,13H2,1H3,(H,22,25)/t14-/m0/s1. The maximum Gasteiger partial charge on any atom is 0.251 e. The van der Waals surface area contributed by atoms with Crippen molar-refractivity contribution in [1.82, 2.24) is 10.2 Å². The van der Waals surface area contributed by atoms with Gasteiger partial charge in [-0.15, -0.1) is 0 Å². The molecule has 3 rings (SSSR count). The van der Waals surface area contributed by atoms with Gasteiger partial charge in [-0.3, -0.25) is 9.59 Å². The highest BCUT2D eigenvalue weighted by atomic mass is 19.1. The molecule has 2 aromatic carbocycles. The van der Waals surface area contributed by atoms with E-state index in [1.165, 1.54) is 12.1 Å². The van der Waals surface area contributed by atoms with Crippen LogP contribution in [0.2, 0.25) is 0 Å². The Balaban J connectivity index is 1.66. The predicted molar refractivity (Wildman–Crippen MR) is 93.4 cm³/mol. The van der Waals surface area contributed by atoms with Gasteiger partial charge in [0.2, 0.25) is 5.91 Å². The highest BCUT2D eigenvalue weighted by Gasteiger charge is 2.20. The number of carbonyl (C=O) groups is 2. The van der Waals surface area contributed by atoms with Crippen LogP contribution >= 0.6 is 0 Å². The van der Waals surface area contributed by atoms with Crippen LogP contribution in [-0.4, -0.2) is 23.3 Å². The summed E-state index contributed by atoms with van der Waals surface area (Å²) in [6.07, 6.45) is 1.50. The van der Waals surface area contributed by atoms with Gasteiger partial charge in [0.05, 0.1) is 6.04 Å². The number of amides is 2. The van der Waals surface area contributed by atoms with Crippen molar-refractivity contribution in [1.29, 1.82) is 0 Å². The normalized spacial score (nSPS) is 15.3. The second-order valence-corrected chi connectivity index (χ2v) is 6.37. The molecule has 0 spiro atoms. The molecule has 1 aliphatic rings. The topological polar surface area (TPSA) is 49.4 Å². The Morgan fingerprint density at radius 2 is 2.00 bits per heavy atom. The second kappa shape index (κ2) is 7.47. The number of benzene rings is 2. The zero-order chi connectivity index (χ0) is 17.8. The van der Waals surface area contributed by atoms with Crippen LogP contribution in [0.1, 0.15) is 47.3 Å². The summed E-state index contributed by atoms with van der Waals surface area (Å²) in [6, 6.07) is 13.2. The van der Waals surface area contributed by atoms with Crippen LogP contribution < -0.4 is 5.32 Å². The van der Waals surface area contributed by atoms with E-state index in [2.05, 4.69) is 5.32 Å². The Hall–Kier alpha value is -2.69. The summed E-state index contributed by atoms with van der Waals surface area (Å²) in [7, 11) is 0. The molecule has 1 fully saturated rings. The molecular weight excluding hydrogens is 319 g/mol. The monoisotopic (exact) mass is 340 g/mol. The molecule has 0 radical (unpaired) electrons. The Kier molecular flexibility index (Phi) is 5.12. The first-order chi connectivity index (χ1) is 12.0. The van der Waals surface area contributed by atoms with E-state index in [1.807, 2.05) is 30.0 Å². The first kappa shape index (κ1) is 17.1. The van der Waals surface area contributed by atoms with Gasteiger partial charge in [-0.1, -0.05) is 24.3 Å². The molecule has 0 saturated carbocycles. The van der Waals surface area contributed by atoms with Crippen LogP contribution in [0.5, 0.6) is 0 Å². The number of halogens is 1. The lowest BCUT2D eigenvalue weighted by atomic mass is 10.1. The SMILES string of the molecule is C[C@H](NC(=O)c1cccc(CN2CCCC2=O)c1)c1ccc(F)cc1. The van der Waals surface area contributed by atoms with Gasteiger partial charge in [0.15, 0.2) is 0 Å². The van der Waals surface area contributed by atoms with E-state index in [1.54, 1.807) is 18.2 Å². The van der Waals surface area contributed by atoms with Crippen molar-refractivity contribution in [2.75, 3.05) is 6.54 Å². The summed E-state index contributed by atoms with van der Waals surface area (Å²) in [4.78, 5) is 26.0. The first-order valence-corrected chi connectivity index (χ1v) is 8.46. The summed E-state index contributed by atoms with van der Waals surface area (Å²) in [5, 5.41) is 2.92. The van der Waals surface area contributed by atoms with Gasteiger partial charge >= 0.3 is 0 Å². The lowest BCUT2D eigenvalue weighted by Crippen LogP contribution is -2.27. The third-order valence-electron chi connectivity index (χ3n) is 4.45. The van der Waals surface area contributed by atoms with Crippen molar-refractivity contribution >= 4 is 11.8 Å². The minimum absolute atomic E-state index is 0.166. The smallest absolute Gasteiger partial charge is 0.251 e. The van der Waals surface area contributed by atoms with Crippen LogP contribution in [0.3, 0.4) is 0 Å². The molecule has 5 heteroatoms. The van der Waals surface area contributed by atoms with Crippen LogP contribution in [0.25, 0.3) is 0 Å². The van der Waals surface area contributed by atoms with Crippen molar-refractivity contribution in [2.24, 2.45) is 0 Å². The van der Waals surface area contributed by atoms with Gasteiger partial charge in [-0.25, -0.2) is 4.39 Å². The summed E-state index contributed by atoms with van der Waals surface area (Å²) < 4.78 is 13.0. The molecule has 2 aromatic rings. The Bertz CT molecular complexity index is 774. The average Bonchev–Trinajstić information content (AvgIpc) is 3.00. The molecule has 4 nitrogen and oxygen atoms in total. The molecule has 1 aliphatic heterocycles. The quantitative estimate of drug-likeness (QED) is 0.906. The fourth-order valence-electron chi connectivity index (χ4n) is 3.02. The van der Waals surface area contributed by atoms with Gasteiger partial charge in [-0.05, 0) is 48.7 Å². The number of rotatable bonds is 5. The lowest BCUT2D eigenvalue weighted by molar-refractivity contribution is -0.128. The highest BCUT2D eigenvalue weighted by molar-refractivity contribution is 5.94. The van der Waals surface area contributed by atoms with Crippen molar-refractivity contribution < 1.29 is 14.0 Å². The molecule has 2 amide bonds. The molecule has 1 N–H and O–H groups in total. The summed E-state index contributed by atoms with van der Waals surface area (Å²) in [5.74, 6) is -0.322. The Morgan fingerprint density at radius 3 is 2.68 bits per heavy atom. The minimum Gasteiger partial charge on any atom is -0.346 e. The third-order valence-corrected chi connectivity index (χ3v) is 4.45. The van der Waals surface area contributed by atoms with E-state index in [0.29, 0.717) is 18.5 Å². The van der Waals surface area contributed by atoms with Crippen molar-refractivity contribution in [3.63, 3.8) is 0 Å². The highest BCUT2D eigenvalue weighted by Crippen LogP contribution is 2.17. The van der Waals surface area contributed by atoms with E-state index in [-0.39, 0.29) is 23.7 Å². The third kappa shape index (κ3) is 4.24. The Labute approximate surface area is 146 Å². The number of carbonyl (C=O) groups excluding carboxylic acids is 2. The maximum absolute atomic E-state index is 13.0. The van der Waals surface area contributed by atoms with Crippen molar-refractivity contribution in [3.8, 4) is 0 Å². The van der Waals surface area contributed by atoms with Gasteiger partial charge < -0.3 is 10.2 Å². The zero-order valence-electron chi connectivity index (χ0n) is 14.2. The fourth-order valence-corrected chi connectivity index (χ4v) is 3.02. The summed E-state index contributed by atoms with van der Waals surface area (Å²) >= 11 is 0. The van der Waals surface area contributed by atoms with E-state index in [9.17, 15) is 14.0 Å². The maximum atomic E-state index is 13.0. The zero-order valence-corrected chi connectivity index (χ0v) is 14.2. The van der Waals surface area contributed by atoms with Gasteiger partial charge in [0, 0.05) is 25.1 Å². The fraction of sp³-hybridized carbons (Fsp3) is 0.300. The second-order valence-electron chi connectivity index (χ2n) is 6.37. The molecule has 25 heavy (non-hydrogen) atoms. The molecule has 0 aliphatic carbocycles. The number of nitrogens with zero attached hydrogens (tertiary/aromatic N) is 1. The molecule has 1 heterocycles. The number of nitrogens with one attached hydrogen (secondary N) is 1. The molecule has 1 saturated heterocycles. The molecule has 1 atom stereocenters. The predicted octanol–water partition coefficient (Wildman–Crippen LogP) is 3.44. The molecule has 0 aromatic heterocycles. The van der Waals surface area contributed by atoms with Crippen LogP contribution in [0.15, 0.2) is 48.5 Å². The van der Waals surface area contributed by atoms with Gasteiger partial charge in [0.1, 0.15) is 5.82 Å². The number of hydrogen-bond acceptors (Lipinski definition) is 2. The molecule has 130 valence electrons. The van der Waals surface area contributed by atoms with Gasteiger partial charge in [-0.2, -0.15) is 0 Å². The molecule has 0 unspecified atom stereocenters. The van der Waals surface area contributed by atoms with E-state index in [0.717, 1.165) is 24.1 Å². The van der Waals surface area contributed by atoms with Crippen LogP contribution in [0, 0.1) is 5.82 Å². The summed E-state index contributed by atoms with van der Waals surface area (Å²) in [6.45, 7) is 3.17. The van der Waals surface area contributed by atoms with Crippen molar-refractivity contribution in [3.05, 3.63) is 71.0 Å². The average molecular weight is 340 g/mol. The first-order valence-electron chi connectivity index (χ1n) is 8.46. The van der Waals surface area contributed by atoms with E-state index < -0.39 is 0 Å². The minimum atomic E-state index is -0.300. The van der Waals surface area contributed by atoms with E-state index in [4.69, 9.17) is 0 Å². The molecular formula is C20H21FN2O2. The largest absolute Gasteiger partial charge is 0.346 e. The lowest BCUT2D eigenvalue weighted by Gasteiger charge is -2.17. The van der Waals surface area contributed by atoms with Crippen LogP contribution in [0.4, 0.5) is 4.39 Å². The van der Waals surface area contributed by atoms with Crippen molar-refractivity contribution in [2.45, 2.75) is 32.4 Å². The summed E-state index contributed by atoms with van der Waals surface area (Å²) in [5.41, 5.74) is 2.34. The number of likely N-dealkylation sites (tertiary alicyclic amines) is 1. The Morgan fingerprint density at radius 1 is 1.24 bits per heavy atom. The van der Waals surface area contributed by atoms with Crippen LogP contribution in [-0.2, 0) is 11.3 Å². The number of hydrogen-bond donors (Lipinski definition) is 1. The molecule has 0 bridgehead atoms.